The topological polar surface area (TPSA) is 106 Å². The monoisotopic (exact) mass is 227 g/mol. The summed E-state index contributed by atoms with van der Waals surface area (Å²) in [7, 11) is 0. The second kappa shape index (κ2) is 4.21. The molecule has 1 heterocycles. The summed E-state index contributed by atoms with van der Waals surface area (Å²) in [5.41, 5.74) is 9.62. The molecular formula is C10H17N3O3. The predicted octanol–water partition coefficient (Wildman–Crippen LogP) is -0.883. The number of hydrogen-bond acceptors (Lipinski definition) is 4. The highest BCUT2D eigenvalue weighted by atomic mass is 16.2. The summed E-state index contributed by atoms with van der Waals surface area (Å²) in [5.74, 6) is -1.06. The summed E-state index contributed by atoms with van der Waals surface area (Å²) < 4.78 is 0. The Hall–Kier alpha value is -1.43. The van der Waals surface area contributed by atoms with Crippen molar-refractivity contribution >= 4 is 17.7 Å². The van der Waals surface area contributed by atoms with Gasteiger partial charge in [-0.05, 0) is 20.3 Å². The van der Waals surface area contributed by atoms with E-state index in [0.717, 1.165) is 0 Å². The van der Waals surface area contributed by atoms with Crippen LogP contribution >= 0.6 is 0 Å². The Morgan fingerprint density at radius 1 is 1.44 bits per heavy atom. The number of hydrogen-bond donors (Lipinski definition) is 2. The molecule has 1 fully saturated rings. The lowest BCUT2D eigenvalue weighted by atomic mass is 9.93. The van der Waals surface area contributed by atoms with E-state index < -0.39 is 17.5 Å². The fraction of sp³-hybridized carbons (Fsp3) is 0.700. The van der Waals surface area contributed by atoms with Crippen LogP contribution in [0.1, 0.15) is 33.1 Å². The molecule has 1 rings (SSSR count). The summed E-state index contributed by atoms with van der Waals surface area (Å²) in [4.78, 5) is 35.1. The van der Waals surface area contributed by atoms with E-state index in [9.17, 15) is 14.4 Å². The van der Waals surface area contributed by atoms with E-state index in [2.05, 4.69) is 0 Å². The largest absolute Gasteiger partial charge is 0.368 e. The van der Waals surface area contributed by atoms with Gasteiger partial charge in [0.2, 0.25) is 17.7 Å². The third kappa shape index (κ3) is 2.38. The molecule has 1 aliphatic rings. The molecule has 1 aliphatic heterocycles. The molecule has 3 amide bonds. The maximum absolute atomic E-state index is 11.4. The van der Waals surface area contributed by atoms with Crippen LogP contribution in [0.2, 0.25) is 0 Å². The zero-order valence-electron chi connectivity index (χ0n) is 9.53. The Morgan fingerprint density at radius 3 is 2.25 bits per heavy atom. The summed E-state index contributed by atoms with van der Waals surface area (Å²) in [5, 5.41) is 0. The standard InChI is InChI=1S/C10H17N3O3/c1-6(5-10(2,12)9(11)16)13-7(14)3-4-8(13)15/h6H,3-5,12H2,1-2H3,(H2,11,16). The lowest BCUT2D eigenvalue weighted by Gasteiger charge is -2.29. The minimum Gasteiger partial charge on any atom is -0.368 e. The molecule has 6 nitrogen and oxygen atoms in total. The first-order valence-electron chi connectivity index (χ1n) is 5.19. The normalized spacial score (nSPS) is 22.1. The van der Waals surface area contributed by atoms with Crippen LogP contribution in [0.5, 0.6) is 0 Å². The first-order valence-corrected chi connectivity index (χ1v) is 5.19. The predicted molar refractivity (Wildman–Crippen MR) is 57.0 cm³/mol. The van der Waals surface area contributed by atoms with Gasteiger partial charge in [0, 0.05) is 18.9 Å². The van der Waals surface area contributed by atoms with E-state index in [4.69, 9.17) is 11.5 Å². The van der Waals surface area contributed by atoms with E-state index >= 15 is 0 Å². The second-order valence-corrected chi connectivity index (χ2v) is 4.49. The molecule has 0 bridgehead atoms. The quantitative estimate of drug-likeness (QED) is 0.608. The molecule has 0 aromatic rings. The van der Waals surface area contributed by atoms with Crippen molar-refractivity contribution < 1.29 is 14.4 Å². The molecule has 0 radical (unpaired) electrons. The van der Waals surface area contributed by atoms with Crippen LogP contribution in [0, 0.1) is 0 Å². The molecule has 6 heteroatoms. The highest BCUT2D eigenvalue weighted by Crippen LogP contribution is 2.20. The lowest BCUT2D eigenvalue weighted by molar-refractivity contribution is -0.141. The van der Waals surface area contributed by atoms with Crippen LogP contribution < -0.4 is 11.5 Å². The zero-order chi connectivity index (χ0) is 12.5. The molecule has 0 saturated carbocycles. The van der Waals surface area contributed by atoms with Crippen molar-refractivity contribution in [1.82, 2.24) is 4.90 Å². The van der Waals surface area contributed by atoms with Gasteiger partial charge in [-0.15, -0.1) is 0 Å². The maximum atomic E-state index is 11.4. The van der Waals surface area contributed by atoms with Crippen molar-refractivity contribution in [3.8, 4) is 0 Å². The number of carbonyl (C=O) groups is 3. The molecule has 0 spiro atoms. The molecule has 0 aromatic heterocycles. The van der Waals surface area contributed by atoms with Gasteiger partial charge in [0.25, 0.3) is 0 Å². The van der Waals surface area contributed by atoms with Gasteiger partial charge < -0.3 is 11.5 Å². The molecule has 0 aromatic carbocycles. The Morgan fingerprint density at radius 2 is 1.88 bits per heavy atom. The number of imide groups is 1. The summed E-state index contributed by atoms with van der Waals surface area (Å²) >= 11 is 0. The minimum atomic E-state index is -1.21. The maximum Gasteiger partial charge on any atom is 0.237 e. The van der Waals surface area contributed by atoms with Gasteiger partial charge in [0.1, 0.15) is 0 Å². The molecule has 1 saturated heterocycles. The van der Waals surface area contributed by atoms with Crippen molar-refractivity contribution in [3.05, 3.63) is 0 Å². The third-order valence-electron chi connectivity index (χ3n) is 2.81. The summed E-state index contributed by atoms with van der Waals surface area (Å²) in [6, 6.07) is -0.398. The van der Waals surface area contributed by atoms with Crippen molar-refractivity contribution in [3.63, 3.8) is 0 Å². The van der Waals surface area contributed by atoms with Gasteiger partial charge in [0.15, 0.2) is 0 Å². The van der Waals surface area contributed by atoms with Gasteiger partial charge in [-0.1, -0.05) is 0 Å². The Balaban J connectivity index is 2.72. The molecular weight excluding hydrogens is 210 g/mol. The van der Waals surface area contributed by atoms with Gasteiger partial charge in [-0.25, -0.2) is 0 Å². The van der Waals surface area contributed by atoms with E-state index in [0.29, 0.717) is 0 Å². The number of nitrogens with zero attached hydrogens (tertiary/aromatic N) is 1. The zero-order valence-corrected chi connectivity index (χ0v) is 9.53. The lowest BCUT2D eigenvalue weighted by Crippen LogP contribution is -2.54. The van der Waals surface area contributed by atoms with Crippen molar-refractivity contribution in [1.29, 1.82) is 0 Å². The van der Waals surface area contributed by atoms with Gasteiger partial charge in [0.05, 0.1) is 5.54 Å². The Labute approximate surface area is 93.9 Å². The molecule has 2 unspecified atom stereocenters. The average Bonchev–Trinajstić information content (AvgIpc) is 2.44. The second-order valence-electron chi connectivity index (χ2n) is 4.49. The van der Waals surface area contributed by atoms with Crippen LogP contribution in [0.3, 0.4) is 0 Å². The molecule has 4 N–H and O–H groups in total. The number of rotatable bonds is 4. The first-order chi connectivity index (χ1) is 7.25. The minimum absolute atomic E-state index is 0.180. The molecule has 90 valence electrons. The number of primary amides is 1. The number of carbonyl (C=O) groups excluding carboxylic acids is 3. The number of amides is 3. The Bertz CT molecular complexity index is 322. The van der Waals surface area contributed by atoms with Crippen LogP contribution in [0.15, 0.2) is 0 Å². The SMILES string of the molecule is CC(CC(C)(N)C(N)=O)N1C(=O)CCC1=O. The first kappa shape index (κ1) is 12.6. The fourth-order valence-corrected chi connectivity index (χ4v) is 1.89. The highest BCUT2D eigenvalue weighted by molar-refractivity contribution is 6.02. The van der Waals surface area contributed by atoms with Crippen LogP contribution in [0.4, 0.5) is 0 Å². The molecule has 2 atom stereocenters. The van der Waals surface area contributed by atoms with Gasteiger partial charge in [-0.2, -0.15) is 0 Å². The number of likely N-dealkylation sites (tertiary alicyclic amines) is 1. The average molecular weight is 227 g/mol. The van der Waals surface area contributed by atoms with Gasteiger partial charge >= 0.3 is 0 Å². The molecule has 0 aliphatic carbocycles. The van der Waals surface area contributed by atoms with Crippen molar-refractivity contribution in [2.24, 2.45) is 11.5 Å². The van der Waals surface area contributed by atoms with Crippen molar-refractivity contribution in [2.75, 3.05) is 0 Å². The van der Waals surface area contributed by atoms with E-state index in [1.807, 2.05) is 0 Å². The summed E-state index contributed by atoms with van der Waals surface area (Å²) in [6.45, 7) is 3.19. The smallest absolute Gasteiger partial charge is 0.237 e. The van der Waals surface area contributed by atoms with E-state index in [1.165, 1.54) is 11.8 Å². The van der Waals surface area contributed by atoms with Crippen LogP contribution in [-0.2, 0) is 14.4 Å². The number of nitrogens with two attached hydrogens (primary N) is 2. The van der Waals surface area contributed by atoms with E-state index in [1.54, 1.807) is 6.92 Å². The highest BCUT2D eigenvalue weighted by Gasteiger charge is 2.37. The van der Waals surface area contributed by atoms with Crippen LogP contribution in [0.25, 0.3) is 0 Å². The van der Waals surface area contributed by atoms with Crippen LogP contribution in [-0.4, -0.2) is 34.2 Å². The third-order valence-corrected chi connectivity index (χ3v) is 2.81. The van der Waals surface area contributed by atoms with Gasteiger partial charge in [-0.3, -0.25) is 19.3 Å². The fourth-order valence-electron chi connectivity index (χ4n) is 1.89. The van der Waals surface area contributed by atoms with E-state index in [-0.39, 0.29) is 31.1 Å². The molecule has 16 heavy (non-hydrogen) atoms. The summed E-state index contributed by atoms with van der Waals surface area (Å²) in [6.07, 6.45) is 0.655. The van der Waals surface area contributed by atoms with Crippen molar-refractivity contribution in [2.45, 2.75) is 44.7 Å². The Kier molecular flexibility index (Phi) is 3.32.